The predicted molar refractivity (Wildman–Crippen MR) is 141 cm³/mol. The van der Waals surface area contributed by atoms with Crippen molar-refractivity contribution in [2.45, 2.75) is 130 Å². The van der Waals surface area contributed by atoms with Gasteiger partial charge in [0.15, 0.2) is 0 Å². The summed E-state index contributed by atoms with van der Waals surface area (Å²) in [5.41, 5.74) is 0. The summed E-state index contributed by atoms with van der Waals surface area (Å²) in [6.07, 6.45) is 26.7. The van der Waals surface area contributed by atoms with E-state index >= 15 is 0 Å². The predicted octanol–water partition coefficient (Wildman–Crippen LogP) is 8.35. The van der Waals surface area contributed by atoms with Crippen LogP contribution in [-0.2, 0) is 19.0 Å². The van der Waals surface area contributed by atoms with Crippen molar-refractivity contribution in [2.75, 3.05) is 26.4 Å². The van der Waals surface area contributed by atoms with Gasteiger partial charge < -0.3 is 14.2 Å². The molecule has 0 amide bonds. The molecule has 0 aliphatic carbocycles. The van der Waals surface area contributed by atoms with E-state index in [1.807, 2.05) is 0 Å². The maximum Gasteiger partial charge on any atom is 0.306 e. The topological polar surface area (TPSA) is 44.8 Å². The van der Waals surface area contributed by atoms with Crippen molar-refractivity contribution in [3.8, 4) is 0 Å². The molecule has 0 spiro atoms. The Labute approximate surface area is 205 Å². The minimum atomic E-state index is -0.288. The van der Waals surface area contributed by atoms with Gasteiger partial charge in [0.05, 0.1) is 13.2 Å². The number of esters is 1. The van der Waals surface area contributed by atoms with Crippen molar-refractivity contribution in [3.05, 3.63) is 24.3 Å². The van der Waals surface area contributed by atoms with E-state index in [2.05, 4.69) is 45.1 Å². The molecule has 0 atom stereocenters. The lowest BCUT2D eigenvalue weighted by atomic mass is 10.1. The van der Waals surface area contributed by atoms with Gasteiger partial charge in [-0.15, -0.1) is 0 Å². The molecule has 0 aromatic carbocycles. The monoisotopic (exact) mass is 466 g/mol. The van der Waals surface area contributed by atoms with E-state index in [0.717, 1.165) is 51.4 Å². The molecular formula is C29H54O4. The molecule has 0 aliphatic heterocycles. The Hall–Kier alpha value is -1.13. The molecule has 194 valence electrons. The van der Waals surface area contributed by atoms with Gasteiger partial charge in [-0.2, -0.15) is 0 Å². The standard InChI is InChI=1S/C29H54O4/c1-4-7-10-11-12-13-14-15-16-17-18-19-20-21-22-23-29(30)33-28(26-31-24-8-5-2)27-32-25-9-6-3/h12-13,15-16,28H,4-11,14,17-27H2,1-3H3. The summed E-state index contributed by atoms with van der Waals surface area (Å²) in [5.74, 6) is -0.121. The second-order valence-electron chi connectivity index (χ2n) is 8.95. The molecule has 4 heteroatoms. The minimum absolute atomic E-state index is 0.121. The maximum absolute atomic E-state index is 12.2. The van der Waals surface area contributed by atoms with Crippen molar-refractivity contribution in [1.29, 1.82) is 0 Å². The van der Waals surface area contributed by atoms with Gasteiger partial charge in [0.2, 0.25) is 0 Å². The average Bonchev–Trinajstić information content (AvgIpc) is 2.81. The van der Waals surface area contributed by atoms with Gasteiger partial charge >= 0.3 is 5.97 Å². The zero-order valence-corrected chi connectivity index (χ0v) is 22.2. The first kappa shape index (κ1) is 31.9. The van der Waals surface area contributed by atoms with E-state index in [-0.39, 0.29) is 12.1 Å². The summed E-state index contributed by atoms with van der Waals surface area (Å²) in [4.78, 5) is 12.2. The zero-order chi connectivity index (χ0) is 24.2. The van der Waals surface area contributed by atoms with Crippen molar-refractivity contribution in [1.82, 2.24) is 0 Å². The third-order valence-corrected chi connectivity index (χ3v) is 5.52. The summed E-state index contributed by atoms with van der Waals surface area (Å²) in [6, 6.07) is 0. The number of rotatable bonds is 25. The number of unbranched alkanes of at least 4 members (excludes halogenated alkanes) is 10. The lowest BCUT2D eigenvalue weighted by Gasteiger charge is -2.18. The van der Waals surface area contributed by atoms with E-state index < -0.39 is 0 Å². The number of hydrogen-bond acceptors (Lipinski definition) is 4. The fraction of sp³-hybridized carbons (Fsp3) is 0.828. The van der Waals surface area contributed by atoms with E-state index in [0.29, 0.717) is 32.8 Å². The molecule has 4 nitrogen and oxygen atoms in total. The number of allylic oxidation sites excluding steroid dienone is 4. The van der Waals surface area contributed by atoms with Crippen LogP contribution in [0.5, 0.6) is 0 Å². The molecule has 0 aromatic rings. The molecule has 0 rings (SSSR count). The molecule has 33 heavy (non-hydrogen) atoms. The summed E-state index contributed by atoms with van der Waals surface area (Å²) in [6.45, 7) is 8.81. The van der Waals surface area contributed by atoms with E-state index in [9.17, 15) is 4.79 Å². The van der Waals surface area contributed by atoms with E-state index in [1.165, 1.54) is 44.9 Å². The van der Waals surface area contributed by atoms with Crippen LogP contribution < -0.4 is 0 Å². The van der Waals surface area contributed by atoms with Crippen LogP contribution in [0.25, 0.3) is 0 Å². The molecule has 0 bridgehead atoms. The quantitative estimate of drug-likeness (QED) is 0.0770. The fourth-order valence-corrected chi connectivity index (χ4v) is 3.36. The van der Waals surface area contributed by atoms with Crippen LogP contribution in [0.2, 0.25) is 0 Å². The Kier molecular flexibility index (Phi) is 26.2. The molecule has 0 saturated heterocycles. The highest BCUT2D eigenvalue weighted by Gasteiger charge is 2.15. The lowest BCUT2D eigenvalue weighted by Crippen LogP contribution is -2.29. The number of carbonyl (C=O) groups excluding carboxylic acids is 1. The molecule has 0 fully saturated rings. The Morgan fingerprint density at radius 2 is 1.15 bits per heavy atom. The first-order valence-electron chi connectivity index (χ1n) is 13.9. The van der Waals surface area contributed by atoms with E-state index in [4.69, 9.17) is 14.2 Å². The first-order chi connectivity index (χ1) is 16.2. The van der Waals surface area contributed by atoms with Crippen LogP contribution in [0.3, 0.4) is 0 Å². The molecule has 0 unspecified atom stereocenters. The molecule has 0 radical (unpaired) electrons. The summed E-state index contributed by atoms with van der Waals surface area (Å²) in [5, 5.41) is 0. The first-order valence-corrected chi connectivity index (χ1v) is 13.9. The normalized spacial score (nSPS) is 11.9. The summed E-state index contributed by atoms with van der Waals surface area (Å²) >= 11 is 0. The van der Waals surface area contributed by atoms with Gasteiger partial charge in [0, 0.05) is 19.6 Å². The fourth-order valence-electron chi connectivity index (χ4n) is 3.36. The second-order valence-corrected chi connectivity index (χ2v) is 8.95. The second kappa shape index (κ2) is 27.1. The molecular weight excluding hydrogens is 412 g/mol. The van der Waals surface area contributed by atoms with Crippen LogP contribution in [0.4, 0.5) is 0 Å². The third-order valence-electron chi connectivity index (χ3n) is 5.52. The smallest absolute Gasteiger partial charge is 0.306 e. The number of ether oxygens (including phenoxy) is 3. The summed E-state index contributed by atoms with van der Waals surface area (Å²) in [7, 11) is 0. The Morgan fingerprint density at radius 1 is 0.636 bits per heavy atom. The van der Waals surface area contributed by atoms with Crippen molar-refractivity contribution in [3.63, 3.8) is 0 Å². The Bertz CT molecular complexity index is 447. The van der Waals surface area contributed by atoms with Gasteiger partial charge in [-0.1, -0.05) is 90.0 Å². The highest BCUT2D eigenvalue weighted by molar-refractivity contribution is 5.69. The van der Waals surface area contributed by atoms with Gasteiger partial charge in [-0.3, -0.25) is 4.79 Å². The number of carbonyl (C=O) groups is 1. The molecule has 0 heterocycles. The van der Waals surface area contributed by atoms with Gasteiger partial charge in [-0.25, -0.2) is 0 Å². The Balaban J connectivity index is 3.74. The van der Waals surface area contributed by atoms with E-state index in [1.54, 1.807) is 0 Å². The van der Waals surface area contributed by atoms with Crippen LogP contribution in [0.1, 0.15) is 124 Å². The third kappa shape index (κ3) is 25.3. The number of hydrogen-bond donors (Lipinski definition) is 0. The van der Waals surface area contributed by atoms with Crippen LogP contribution >= 0.6 is 0 Å². The van der Waals surface area contributed by atoms with Crippen molar-refractivity contribution < 1.29 is 19.0 Å². The molecule has 0 N–H and O–H groups in total. The van der Waals surface area contributed by atoms with Crippen LogP contribution in [0.15, 0.2) is 24.3 Å². The zero-order valence-electron chi connectivity index (χ0n) is 22.2. The minimum Gasteiger partial charge on any atom is -0.457 e. The molecule has 0 saturated carbocycles. The average molecular weight is 467 g/mol. The van der Waals surface area contributed by atoms with Crippen LogP contribution in [-0.4, -0.2) is 38.5 Å². The molecule has 0 aliphatic rings. The highest BCUT2D eigenvalue weighted by atomic mass is 16.6. The van der Waals surface area contributed by atoms with Gasteiger partial charge in [-0.05, 0) is 51.4 Å². The lowest BCUT2D eigenvalue weighted by molar-refractivity contribution is -0.156. The van der Waals surface area contributed by atoms with Gasteiger partial charge in [0.1, 0.15) is 6.10 Å². The highest BCUT2D eigenvalue weighted by Crippen LogP contribution is 2.10. The summed E-state index contributed by atoms with van der Waals surface area (Å²) < 4.78 is 16.9. The maximum atomic E-state index is 12.2. The SMILES string of the molecule is CCCCCC=CCC=CCCCCCCCC(=O)OC(COCCCC)COCCCC. The molecule has 0 aromatic heterocycles. The van der Waals surface area contributed by atoms with Crippen molar-refractivity contribution >= 4 is 5.97 Å². The van der Waals surface area contributed by atoms with Crippen molar-refractivity contribution in [2.24, 2.45) is 0 Å². The van der Waals surface area contributed by atoms with Crippen LogP contribution in [0, 0.1) is 0 Å². The largest absolute Gasteiger partial charge is 0.457 e. The Morgan fingerprint density at radius 3 is 1.73 bits per heavy atom. The van der Waals surface area contributed by atoms with Gasteiger partial charge in [0.25, 0.3) is 0 Å².